The Balaban J connectivity index is 1.59. The highest BCUT2D eigenvalue weighted by atomic mass is 16.5. The van der Waals surface area contributed by atoms with E-state index in [0.29, 0.717) is 13.1 Å². The van der Waals surface area contributed by atoms with Gasteiger partial charge in [-0.1, -0.05) is 31.2 Å². The molecular formula is C20H25N3O2. The number of nitrogens with zero attached hydrogens (tertiary/aromatic N) is 2. The zero-order valence-electron chi connectivity index (χ0n) is 14.9. The topological polar surface area (TPSA) is 44.8 Å². The lowest BCUT2D eigenvalue weighted by Crippen LogP contribution is -2.50. The smallest absolute Gasteiger partial charge is 0.321 e. The number of urea groups is 1. The molecule has 1 aliphatic heterocycles. The molecule has 2 aromatic rings. The third kappa shape index (κ3) is 4.05. The van der Waals surface area contributed by atoms with Gasteiger partial charge in [0.15, 0.2) is 0 Å². The van der Waals surface area contributed by atoms with E-state index in [1.165, 1.54) is 0 Å². The maximum absolute atomic E-state index is 12.6. The highest BCUT2D eigenvalue weighted by Crippen LogP contribution is 2.22. The molecule has 25 heavy (non-hydrogen) atoms. The van der Waals surface area contributed by atoms with Crippen LogP contribution in [0, 0.1) is 0 Å². The Morgan fingerprint density at radius 3 is 2.56 bits per heavy atom. The number of amides is 2. The van der Waals surface area contributed by atoms with E-state index in [1.807, 2.05) is 41.3 Å². The lowest BCUT2D eigenvalue weighted by molar-refractivity contribution is 0.208. The van der Waals surface area contributed by atoms with E-state index in [9.17, 15) is 4.79 Å². The minimum Gasteiger partial charge on any atom is -0.497 e. The molecule has 0 aromatic heterocycles. The first kappa shape index (κ1) is 17.1. The first-order chi connectivity index (χ1) is 12.2. The van der Waals surface area contributed by atoms with E-state index in [2.05, 4.69) is 29.3 Å². The number of ether oxygens (including phenoxy) is 1. The summed E-state index contributed by atoms with van der Waals surface area (Å²) in [5.41, 5.74) is 3.20. The molecule has 0 atom stereocenters. The molecule has 0 spiro atoms. The van der Waals surface area contributed by atoms with Gasteiger partial charge in [-0.05, 0) is 30.2 Å². The number of para-hydroxylation sites is 1. The van der Waals surface area contributed by atoms with Crippen molar-refractivity contribution in [2.45, 2.75) is 13.3 Å². The van der Waals surface area contributed by atoms with Crippen molar-refractivity contribution in [1.82, 2.24) is 4.90 Å². The molecular weight excluding hydrogens is 314 g/mol. The van der Waals surface area contributed by atoms with Crippen molar-refractivity contribution in [2.75, 3.05) is 43.5 Å². The molecule has 1 N–H and O–H groups in total. The molecule has 0 saturated carbocycles. The summed E-state index contributed by atoms with van der Waals surface area (Å²) in [5, 5.41) is 3.05. The van der Waals surface area contributed by atoms with E-state index in [0.717, 1.165) is 42.2 Å². The molecule has 2 aromatic carbocycles. The highest BCUT2D eigenvalue weighted by molar-refractivity contribution is 5.90. The number of nitrogens with one attached hydrogen (secondary N) is 1. The van der Waals surface area contributed by atoms with E-state index in [-0.39, 0.29) is 6.03 Å². The molecule has 1 aliphatic rings. The molecule has 2 amide bonds. The Morgan fingerprint density at radius 1 is 1.08 bits per heavy atom. The van der Waals surface area contributed by atoms with Crippen LogP contribution in [0.4, 0.5) is 16.2 Å². The predicted molar refractivity (Wildman–Crippen MR) is 102 cm³/mol. The Labute approximate surface area is 149 Å². The van der Waals surface area contributed by atoms with Crippen molar-refractivity contribution in [3.63, 3.8) is 0 Å². The summed E-state index contributed by atoms with van der Waals surface area (Å²) in [6.45, 7) is 5.14. The second-order valence-electron chi connectivity index (χ2n) is 6.12. The number of carbonyl (C=O) groups excluding carboxylic acids is 1. The number of methoxy groups -OCH3 is 1. The van der Waals surface area contributed by atoms with Crippen LogP contribution in [0.5, 0.6) is 5.75 Å². The van der Waals surface area contributed by atoms with Gasteiger partial charge in [0.2, 0.25) is 0 Å². The van der Waals surface area contributed by atoms with Gasteiger partial charge in [0, 0.05) is 43.6 Å². The zero-order chi connectivity index (χ0) is 17.6. The monoisotopic (exact) mass is 339 g/mol. The quantitative estimate of drug-likeness (QED) is 0.925. The first-order valence-electron chi connectivity index (χ1n) is 8.74. The summed E-state index contributed by atoms with van der Waals surface area (Å²) < 4.78 is 5.29. The summed E-state index contributed by atoms with van der Waals surface area (Å²) in [6, 6.07) is 16.0. The number of rotatable bonds is 4. The molecule has 0 aliphatic carbocycles. The average Bonchev–Trinajstić information content (AvgIpc) is 2.68. The maximum atomic E-state index is 12.6. The minimum absolute atomic E-state index is 0.0220. The summed E-state index contributed by atoms with van der Waals surface area (Å²) >= 11 is 0. The third-order valence-corrected chi connectivity index (χ3v) is 4.63. The van der Waals surface area contributed by atoms with Crippen molar-refractivity contribution >= 4 is 17.4 Å². The Bertz CT molecular complexity index is 724. The summed E-state index contributed by atoms with van der Waals surface area (Å²) in [4.78, 5) is 16.7. The second-order valence-corrected chi connectivity index (χ2v) is 6.12. The van der Waals surface area contributed by atoms with E-state index in [1.54, 1.807) is 7.11 Å². The molecule has 0 radical (unpaired) electrons. The normalized spacial score (nSPS) is 14.3. The lowest BCUT2D eigenvalue weighted by atomic mass is 10.1. The van der Waals surface area contributed by atoms with E-state index >= 15 is 0 Å². The van der Waals surface area contributed by atoms with Crippen LogP contribution >= 0.6 is 0 Å². The van der Waals surface area contributed by atoms with Gasteiger partial charge in [-0.25, -0.2) is 4.79 Å². The van der Waals surface area contributed by atoms with Crippen LogP contribution in [0.1, 0.15) is 12.5 Å². The molecule has 1 fully saturated rings. The van der Waals surface area contributed by atoms with Crippen molar-refractivity contribution in [3.05, 3.63) is 54.1 Å². The SMILES string of the molecule is CCc1ccccc1NC(=O)N1CCN(c2cccc(OC)c2)CC1. The van der Waals surface area contributed by atoms with Gasteiger partial charge in [-0.15, -0.1) is 0 Å². The van der Waals surface area contributed by atoms with Crippen molar-refractivity contribution in [3.8, 4) is 5.75 Å². The molecule has 1 heterocycles. The van der Waals surface area contributed by atoms with Crippen molar-refractivity contribution < 1.29 is 9.53 Å². The number of hydrogen-bond donors (Lipinski definition) is 1. The predicted octanol–water partition coefficient (Wildman–Crippen LogP) is 3.61. The second kappa shape index (κ2) is 7.92. The Kier molecular flexibility index (Phi) is 5.43. The van der Waals surface area contributed by atoms with Crippen molar-refractivity contribution in [1.29, 1.82) is 0 Å². The first-order valence-corrected chi connectivity index (χ1v) is 8.74. The van der Waals surface area contributed by atoms with Crippen LogP contribution < -0.4 is 15.0 Å². The van der Waals surface area contributed by atoms with Gasteiger partial charge in [0.1, 0.15) is 5.75 Å². The van der Waals surface area contributed by atoms with Gasteiger partial charge in [0.05, 0.1) is 7.11 Å². The Hall–Kier alpha value is -2.69. The van der Waals surface area contributed by atoms with Gasteiger partial charge in [0.25, 0.3) is 0 Å². The van der Waals surface area contributed by atoms with E-state index in [4.69, 9.17) is 4.74 Å². The molecule has 132 valence electrons. The fourth-order valence-electron chi connectivity index (χ4n) is 3.12. The summed E-state index contributed by atoms with van der Waals surface area (Å²) in [6.07, 6.45) is 0.903. The molecule has 0 unspecified atom stereocenters. The van der Waals surface area contributed by atoms with Crippen LogP contribution in [-0.2, 0) is 6.42 Å². The van der Waals surface area contributed by atoms with Crippen molar-refractivity contribution in [2.24, 2.45) is 0 Å². The number of hydrogen-bond acceptors (Lipinski definition) is 3. The zero-order valence-corrected chi connectivity index (χ0v) is 14.9. The molecule has 5 heteroatoms. The number of piperazine rings is 1. The highest BCUT2D eigenvalue weighted by Gasteiger charge is 2.22. The fraction of sp³-hybridized carbons (Fsp3) is 0.350. The summed E-state index contributed by atoms with van der Waals surface area (Å²) in [7, 11) is 1.68. The average molecular weight is 339 g/mol. The van der Waals surface area contributed by atoms with Crippen LogP contribution in [0.3, 0.4) is 0 Å². The molecule has 1 saturated heterocycles. The molecule has 0 bridgehead atoms. The third-order valence-electron chi connectivity index (χ3n) is 4.63. The van der Waals surface area contributed by atoms with Gasteiger partial charge in [-0.3, -0.25) is 0 Å². The number of aryl methyl sites for hydroxylation is 1. The standard InChI is InChI=1S/C20H25N3O2/c1-3-16-7-4-5-10-19(16)21-20(24)23-13-11-22(12-14-23)17-8-6-9-18(15-17)25-2/h4-10,15H,3,11-14H2,1-2H3,(H,21,24). The number of benzene rings is 2. The largest absolute Gasteiger partial charge is 0.497 e. The van der Waals surface area contributed by atoms with Crippen LogP contribution in [0.25, 0.3) is 0 Å². The van der Waals surface area contributed by atoms with Crippen LogP contribution in [0.15, 0.2) is 48.5 Å². The minimum atomic E-state index is -0.0220. The van der Waals surface area contributed by atoms with Crippen LogP contribution in [-0.4, -0.2) is 44.2 Å². The maximum Gasteiger partial charge on any atom is 0.321 e. The number of anilines is 2. The molecule has 5 nitrogen and oxygen atoms in total. The van der Waals surface area contributed by atoms with Crippen LogP contribution in [0.2, 0.25) is 0 Å². The number of carbonyl (C=O) groups is 1. The van der Waals surface area contributed by atoms with E-state index < -0.39 is 0 Å². The van der Waals surface area contributed by atoms with Gasteiger partial charge >= 0.3 is 6.03 Å². The van der Waals surface area contributed by atoms with Gasteiger partial charge in [-0.2, -0.15) is 0 Å². The fourth-order valence-corrected chi connectivity index (χ4v) is 3.12. The Morgan fingerprint density at radius 2 is 1.84 bits per heavy atom. The summed E-state index contributed by atoms with van der Waals surface area (Å²) in [5.74, 6) is 0.855. The molecule has 3 rings (SSSR count). The van der Waals surface area contributed by atoms with Gasteiger partial charge < -0.3 is 19.9 Å². The lowest BCUT2D eigenvalue weighted by Gasteiger charge is -2.36.